The van der Waals surface area contributed by atoms with Crippen molar-refractivity contribution in [1.82, 2.24) is 0 Å². The highest BCUT2D eigenvalue weighted by Gasteiger charge is 2.60. The first-order valence-electron chi connectivity index (χ1n) is 9.89. The largest absolute Gasteiger partial charge is 0.345 e. The van der Waals surface area contributed by atoms with Crippen molar-refractivity contribution in [2.45, 2.75) is 11.9 Å². The zero-order valence-electron chi connectivity index (χ0n) is 16.7. The Hall–Kier alpha value is -3.67. The zero-order valence-corrected chi connectivity index (χ0v) is 16.7. The Morgan fingerprint density at radius 3 is 1.97 bits per heavy atom. The third-order valence-corrected chi connectivity index (χ3v) is 5.76. The predicted molar refractivity (Wildman–Crippen MR) is 113 cm³/mol. The van der Waals surface area contributed by atoms with Crippen LogP contribution in [0.25, 0.3) is 0 Å². The van der Waals surface area contributed by atoms with Crippen molar-refractivity contribution >= 4 is 17.3 Å². The van der Waals surface area contributed by atoms with Crippen molar-refractivity contribution in [2.75, 3.05) is 7.11 Å². The van der Waals surface area contributed by atoms with Gasteiger partial charge in [0.1, 0.15) is 0 Å². The van der Waals surface area contributed by atoms with E-state index in [-0.39, 0.29) is 16.9 Å². The molecule has 3 aromatic carbocycles. The van der Waals surface area contributed by atoms with Crippen LogP contribution < -0.4 is 0 Å². The molecule has 0 saturated heterocycles. The molecule has 0 saturated carbocycles. The molecule has 31 heavy (non-hydrogen) atoms. The van der Waals surface area contributed by atoms with E-state index >= 15 is 0 Å². The molecule has 2 atom stereocenters. The Balaban J connectivity index is 1.81. The summed E-state index contributed by atoms with van der Waals surface area (Å²) in [6.45, 7) is 0. The first kappa shape index (κ1) is 19.3. The maximum Gasteiger partial charge on any atom is 0.228 e. The van der Waals surface area contributed by atoms with Gasteiger partial charge < -0.3 is 9.47 Å². The number of fused-ring (bicyclic) bond motifs is 4. The molecule has 2 heterocycles. The summed E-state index contributed by atoms with van der Waals surface area (Å²) in [4.78, 5) is 40.6. The average molecular weight is 410 g/mol. The molecule has 2 bridgehead atoms. The second-order valence-corrected chi connectivity index (χ2v) is 7.41. The van der Waals surface area contributed by atoms with Crippen LogP contribution in [0.4, 0.5) is 0 Å². The molecule has 5 heteroatoms. The monoisotopic (exact) mass is 410 g/mol. The lowest BCUT2D eigenvalue weighted by Crippen LogP contribution is -2.42. The lowest BCUT2D eigenvalue weighted by atomic mass is 9.87. The summed E-state index contributed by atoms with van der Waals surface area (Å²) in [5.74, 6) is -2.83. The van der Waals surface area contributed by atoms with E-state index in [9.17, 15) is 14.4 Å². The molecule has 0 N–H and O–H groups in total. The lowest BCUT2D eigenvalue weighted by Gasteiger charge is -2.35. The van der Waals surface area contributed by atoms with E-state index in [0.717, 1.165) is 0 Å². The summed E-state index contributed by atoms with van der Waals surface area (Å²) in [6.07, 6.45) is -1.22. The molecule has 0 aliphatic carbocycles. The molecule has 5 rings (SSSR count). The second kappa shape index (κ2) is 7.23. The number of hydrogen-bond acceptors (Lipinski definition) is 5. The van der Waals surface area contributed by atoms with Gasteiger partial charge in [0, 0.05) is 34.9 Å². The highest BCUT2D eigenvalue weighted by atomic mass is 16.7. The zero-order chi connectivity index (χ0) is 21.6. The molecular formula is C26H18O5. The van der Waals surface area contributed by atoms with Crippen LogP contribution in [-0.4, -0.2) is 30.6 Å². The van der Waals surface area contributed by atoms with Crippen LogP contribution >= 0.6 is 0 Å². The van der Waals surface area contributed by atoms with E-state index in [1.54, 1.807) is 84.9 Å². The standard InChI is InChI=1S/C26H18O5/c1-30-26-19-15-9-8-14-18(19)24(29)25(31-26)20(22(27)16-10-4-2-5-11-16)21(26)23(28)17-12-6-3-7-13-17/h2-15,25H,1H3. The maximum atomic E-state index is 13.7. The molecule has 5 nitrogen and oxygen atoms in total. The number of benzene rings is 3. The highest BCUT2D eigenvalue weighted by molar-refractivity contribution is 6.24. The van der Waals surface area contributed by atoms with Crippen LogP contribution in [0.1, 0.15) is 36.6 Å². The first-order valence-corrected chi connectivity index (χ1v) is 9.89. The van der Waals surface area contributed by atoms with Gasteiger partial charge in [0.2, 0.25) is 5.79 Å². The van der Waals surface area contributed by atoms with Crippen molar-refractivity contribution in [2.24, 2.45) is 0 Å². The molecule has 0 fully saturated rings. The Morgan fingerprint density at radius 1 is 0.806 bits per heavy atom. The predicted octanol–water partition coefficient (Wildman–Crippen LogP) is 4.14. The number of ketones is 3. The highest BCUT2D eigenvalue weighted by Crippen LogP contribution is 2.51. The van der Waals surface area contributed by atoms with Gasteiger partial charge in [-0.3, -0.25) is 14.4 Å². The summed E-state index contributed by atoms with van der Waals surface area (Å²) in [5.41, 5.74) is 1.65. The normalized spacial score (nSPS) is 21.7. The lowest BCUT2D eigenvalue weighted by molar-refractivity contribution is -0.200. The van der Waals surface area contributed by atoms with E-state index in [2.05, 4.69) is 0 Å². The van der Waals surface area contributed by atoms with Crippen LogP contribution in [0.5, 0.6) is 0 Å². The molecule has 0 spiro atoms. The third kappa shape index (κ3) is 2.75. The summed E-state index contributed by atoms with van der Waals surface area (Å²) in [5, 5.41) is 0. The summed E-state index contributed by atoms with van der Waals surface area (Å²) in [6, 6.07) is 24.0. The summed E-state index contributed by atoms with van der Waals surface area (Å²) >= 11 is 0. The number of hydrogen-bond donors (Lipinski definition) is 0. The van der Waals surface area contributed by atoms with Gasteiger partial charge in [-0.15, -0.1) is 0 Å². The van der Waals surface area contributed by atoms with Crippen molar-refractivity contribution in [3.63, 3.8) is 0 Å². The first-order chi connectivity index (χ1) is 15.1. The Bertz CT molecular complexity index is 1240. The van der Waals surface area contributed by atoms with Crippen LogP contribution in [0.3, 0.4) is 0 Å². The average Bonchev–Trinajstić information content (AvgIpc) is 3.16. The van der Waals surface area contributed by atoms with Gasteiger partial charge in [-0.05, 0) is 0 Å². The van der Waals surface area contributed by atoms with Crippen molar-refractivity contribution in [1.29, 1.82) is 0 Å². The van der Waals surface area contributed by atoms with Gasteiger partial charge in [-0.2, -0.15) is 0 Å². The quantitative estimate of drug-likeness (QED) is 0.591. The minimum atomic E-state index is -1.64. The Morgan fingerprint density at radius 2 is 1.35 bits per heavy atom. The molecule has 2 aliphatic rings. The smallest absolute Gasteiger partial charge is 0.228 e. The molecule has 2 aliphatic heterocycles. The Labute approximate surface area is 178 Å². The van der Waals surface area contributed by atoms with Crippen LogP contribution in [-0.2, 0) is 15.3 Å². The van der Waals surface area contributed by atoms with Crippen molar-refractivity contribution in [3.05, 3.63) is 118 Å². The van der Waals surface area contributed by atoms with Gasteiger partial charge in [-0.25, -0.2) is 0 Å². The van der Waals surface area contributed by atoms with E-state index in [1.807, 2.05) is 0 Å². The number of rotatable bonds is 5. The topological polar surface area (TPSA) is 69.7 Å². The third-order valence-electron chi connectivity index (χ3n) is 5.76. The number of Topliss-reactive ketones (excluding diaryl/α,β-unsaturated/α-hetero) is 3. The van der Waals surface area contributed by atoms with Crippen molar-refractivity contribution in [3.8, 4) is 0 Å². The fourth-order valence-electron chi connectivity index (χ4n) is 4.34. The summed E-state index contributed by atoms with van der Waals surface area (Å²) in [7, 11) is 1.41. The molecule has 0 radical (unpaired) electrons. The SMILES string of the molecule is COC12OC(C(=O)c3ccccc31)C(C(=O)c1ccccc1)=C2C(=O)c1ccccc1. The van der Waals surface area contributed by atoms with E-state index in [0.29, 0.717) is 22.3 Å². The van der Waals surface area contributed by atoms with Gasteiger partial charge in [0.05, 0.1) is 5.57 Å². The molecular weight excluding hydrogens is 392 g/mol. The summed E-state index contributed by atoms with van der Waals surface area (Å²) < 4.78 is 11.9. The van der Waals surface area contributed by atoms with Gasteiger partial charge in [0.15, 0.2) is 23.5 Å². The van der Waals surface area contributed by atoms with Gasteiger partial charge >= 0.3 is 0 Å². The van der Waals surface area contributed by atoms with E-state index < -0.39 is 23.5 Å². The molecule has 0 aromatic heterocycles. The Kier molecular flexibility index (Phi) is 4.50. The molecule has 0 amide bonds. The molecule has 3 aromatic rings. The van der Waals surface area contributed by atoms with Crippen LogP contribution in [0.2, 0.25) is 0 Å². The van der Waals surface area contributed by atoms with Crippen LogP contribution in [0.15, 0.2) is 96.1 Å². The number of carbonyl (C=O) groups excluding carboxylic acids is 3. The maximum absolute atomic E-state index is 13.7. The number of carbonyl (C=O) groups is 3. The second-order valence-electron chi connectivity index (χ2n) is 7.41. The fraction of sp³-hybridized carbons (Fsp3) is 0.115. The fourth-order valence-corrected chi connectivity index (χ4v) is 4.34. The number of ether oxygens (including phenoxy) is 2. The molecule has 152 valence electrons. The van der Waals surface area contributed by atoms with E-state index in [1.165, 1.54) is 7.11 Å². The van der Waals surface area contributed by atoms with Crippen molar-refractivity contribution < 1.29 is 23.9 Å². The van der Waals surface area contributed by atoms with Gasteiger partial charge in [-0.1, -0.05) is 84.9 Å². The van der Waals surface area contributed by atoms with Crippen LogP contribution in [0, 0.1) is 0 Å². The minimum Gasteiger partial charge on any atom is -0.345 e. The minimum absolute atomic E-state index is 0.0307. The van der Waals surface area contributed by atoms with E-state index in [4.69, 9.17) is 9.47 Å². The van der Waals surface area contributed by atoms with Gasteiger partial charge in [0.25, 0.3) is 0 Å². The number of methoxy groups -OCH3 is 1. The molecule has 2 unspecified atom stereocenters.